The molecule has 8 heteroatoms. The van der Waals surface area contributed by atoms with Crippen LogP contribution in [0.4, 0.5) is 0 Å². The molecule has 2 atom stereocenters. The van der Waals surface area contributed by atoms with Crippen molar-refractivity contribution in [2.45, 2.75) is 82.4 Å². The Labute approximate surface area is 228 Å². The van der Waals surface area contributed by atoms with Crippen LogP contribution in [0.2, 0.25) is 0 Å². The zero-order chi connectivity index (χ0) is 25.8. The summed E-state index contributed by atoms with van der Waals surface area (Å²) in [5.41, 5.74) is 6.44. The highest BCUT2D eigenvalue weighted by Gasteiger charge is 2.22. The topological polar surface area (TPSA) is 108 Å². The summed E-state index contributed by atoms with van der Waals surface area (Å²) >= 11 is 0. The Morgan fingerprint density at radius 3 is 2.43 bits per heavy atom. The molecule has 0 aromatic heterocycles. The molecule has 206 valence electrons. The molecule has 2 aromatic rings. The van der Waals surface area contributed by atoms with Crippen molar-refractivity contribution in [3.05, 3.63) is 48.0 Å². The zero-order valence-electron chi connectivity index (χ0n) is 22.2. The summed E-state index contributed by atoms with van der Waals surface area (Å²) < 4.78 is 0. The van der Waals surface area contributed by atoms with E-state index in [1.54, 1.807) is 0 Å². The fourth-order valence-corrected chi connectivity index (χ4v) is 5.05. The highest BCUT2D eigenvalue weighted by Crippen LogP contribution is 2.21. The molecule has 2 aromatic carbocycles. The molecule has 7 nitrogen and oxygen atoms in total. The summed E-state index contributed by atoms with van der Waals surface area (Å²) in [6.45, 7) is 1.00. The third kappa shape index (κ3) is 10.6. The molecule has 2 amide bonds. The van der Waals surface area contributed by atoms with E-state index in [1.165, 1.54) is 44.9 Å². The maximum Gasteiger partial charge on any atom is 0.243 e. The number of nitrogens with zero attached hydrogens (tertiary/aromatic N) is 1. The molecule has 1 aliphatic rings. The fraction of sp³-hybridized carbons (Fsp3) is 0.586. The molecule has 0 aliphatic heterocycles. The van der Waals surface area contributed by atoms with Gasteiger partial charge in [-0.2, -0.15) is 0 Å². The maximum atomic E-state index is 12.9. The van der Waals surface area contributed by atoms with Crippen LogP contribution in [-0.2, 0) is 16.0 Å². The quantitative estimate of drug-likeness (QED) is 0.334. The number of fused-ring (bicyclic) bond motifs is 1. The number of aliphatic hydroxyl groups is 1. The molecule has 1 saturated carbocycles. The van der Waals surface area contributed by atoms with E-state index in [4.69, 9.17) is 5.73 Å². The molecule has 0 saturated heterocycles. The predicted molar refractivity (Wildman–Crippen MR) is 153 cm³/mol. The van der Waals surface area contributed by atoms with Crippen LogP contribution >= 0.6 is 12.4 Å². The minimum Gasteiger partial charge on any atom is -0.390 e. The standard InChI is InChI=1S/C29H44N4O3.ClH/c1-33(25-12-5-3-2-4-6-13-25)17-9-14-28(35)32-27(29(36)31-21-26(34)20-30)19-22-15-16-23-10-7-8-11-24(23)18-22;/h7-8,10-11,15-16,18,25-27,34H,2-6,9,12-14,17,19-21,30H2,1H3,(H,31,36)(H,32,35);1H/t26?,27-;/m1./s1. The molecule has 1 fully saturated rings. The van der Waals surface area contributed by atoms with E-state index in [2.05, 4.69) is 28.6 Å². The van der Waals surface area contributed by atoms with Crippen molar-refractivity contribution in [2.24, 2.45) is 5.73 Å². The number of rotatable bonds is 12. The number of carbonyl (C=O) groups is 2. The minimum absolute atomic E-state index is 0. The summed E-state index contributed by atoms with van der Waals surface area (Å²) in [5.74, 6) is -0.433. The molecular formula is C29H45ClN4O3. The molecule has 37 heavy (non-hydrogen) atoms. The average molecular weight is 533 g/mol. The summed E-state index contributed by atoms with van der Waals surface area (Å²) in [6, 6.07) is 14.0. The second-order valence-electron chi connectivity index (χ2n) is 10.2. The van der Waals surface area contributed by atoms with Crippen molar-refractivity contribution >= 4 is 35.0 Å². The highest BCUT2D eigenvalue weighted by molar-refractivity contribution is 5.88. The predicted octanol–water partition coefficient (Wildman–Crippen LogP) is 3.55. The first kappa shape index (κ1) is 31.0. The maximum absolute atomic E-state index is 12.9. The van der Waals surface area contributed by atoms with Crippen LogP contribution in [0.1, 0.15) is 63.4 Å². The molecule has 1 unspecified atom stereocenters. The average Bonchev–Trinajstić information content (AvgIpc) is 2.86. The summed E-state index contributed by atoms with van der Waals surface area (Å²) in [5, 5.41) is 17.7. The third-order valence-electron chi connectivity index (χ3n) is 7.30. The van der Waals surface area contributed by atoms with Crippen LogP contribution in [0.3, 0.4) is 0 Å². The molecule has 1 aliphatic carbocycles. The van der Waals surface area contributed by atoms with Crippen LogP contribution in [-0.4, -0.2) is 66.7 Å². The van der Waals surface area contributed by atoms with Gasteiger partial charge in [-0.1, -0.05) is 74.6 Å². The first-order valence-corrected chi connectivity index (χ1v) is 13.6. The van der Waals surface area contributed by atoms with E-state index < -0.39 is 12.1 Å². The van der Waals surface area contributed by atoms with Gasteiger partial charge in [0.25, 0.3) is 0 Å². The summed E-state index contributed by atoms with van der Waals surface area (Å²) in [6.07, 6.45) is 9.79. The number of aliphatic hydroxyl groups excluding tert-OH is 1. The van der Waals surface area contributed by atoms with Crippen LogP contribution < -0.4 is 16.4 Å². The first-order valence-electron chi connectivity index (χ1n) is 13.6. The van der Waals surface area contributed by atoms with Crippen molar-refractivity contribution in [3.63, 3.8) is 0 Å². The molecule has 0 spiro atoms. The fourth-order valence-electron chi connectivity index (χ4n) is 5.05. The molecule has 5 N–H and O–H groups in total. The molecular weight excluding hydrogens is 488 g/mol. The number of nitrogens with one attached hydrogen (secondary N) is 2. The normalized spacial score (nSPS) is 16.3. The summed E-state index contributed by atoms with van der Waals surface area (Å²) in [7, 11) is 2.17. The Morgan fingerprint density at radius 1 is 1.05 bits per heavy atom. The number of nitrogens with two attached hydrogens (primary N) is 1. The SMILES string of the molecule is CN(CCCC(=O)N[C@H](Cc1ccc2ccccc2c1)C(=O)NCC(O)CN)C1CCCCCCC1.Cl. The lowest BCUT2D eigenvalue weighted by atomic mass is 9.96. The lowest BCUT2D eigenvalue weighted by Gasteiger charge is -2.29. The molecule has 3 rings (SSSR count). The Morgan fingerprint density at radius 2 is 1.73 bits per heavy atom. The second-order valence-corrected chi connectivity index (χ2v) is 10.2. The Bertz CT molecular complexity index is 965. The monoisotopic (exact) mass is 532 g/mol. The molecule has 0 bridgehead atoms. The highest BCUT2D eigenvalue weighted by atomic mass is 35.5. The number of carbonyl (C=O) groups excluding carboxylic acids is 2. The van der Waals surface area contributed by atoms with Gasteiger partial charge in [0.15, 0.2) is 0 Å². The van der Waals surface area contributed by atoms with Crippen LogP contribution in [0, 0.1) is 0 Å². The van der Waals surface area contributed by atoms with Gasteiger partial charge in [-0.05, 0) is 49.2 Å². The van der Waals surface area contributed by atoms with Crippen molar-refractivity contribution < 1.29 is 14.7 Å². The summed E-state index contributed by atoms with van der Waals surface area (Å²) in [4.78, 5) is 28.2. The van der Waals surface area contributed by atoms with Crippen LogP contribution in [0.15, 0.2) is 42.5 Å². The van der Waals surface area contributed by atoms with Gasteiger partial charge in [-0.15, -0.1) is 12.4 Å². The van der Waals surface area contributed by atoms with Crippen molar-refractivity contribution in [1.82, 2.24) is 15.5 Å². The number of amides is 2. The van der Waals surface area contributed by atoms with E-state index >= 15 is 0 Å². The number of hydrogen-bond acceptors (Lipinski definition) is 5. The van der Waals surface area contributed by atoms with Gasteiger partial charge >= 0.3 is 0 Å². The van der Waals surface area contributed by atoms with Gasteiger partial charge in [-0.3, -0.25) is 9.59 Å². The Hall–Kier alpha value is -2.19. The van der Waals surface area contributed by atoms with Gasteiger partial charge in [0, 0.05) is 32.0 Å². The van der Waals surface area contributed by atoms with Crippen molar-refractivity contribution in [2.75, 3.05) is 26.7 Å². The number of hydrogen-bond donors (Lipinski definition) is 4. The van der Waals surface area contributed by atoms with E-state index in [0.717, 1.165) is 29.3 Å². The van der Waals surface area contributed by atoms with E-state index in [9.17, 15) is 14.7 Å². The van der Waals surface area contributed by atoms with Gasteiger partial charge in [0.2, 0.25) is 11.8 Å². The largest absolute Gasteiger partial charge is 0.390 e. The number of halogens is 1. The third-order valence-corrected chi connectivity index (χ3v) is 7.30. The number of benzene rings is 2. The van der Waals surface area contributed by atoms with Crippen molar-refractivity contribution in [1.29, 1.82) is 0 Å². The van der Waals surface area contributed by atoms with Gasteiger partial charge in [-0.25, -0.2) is 0 Å². The Balaban J connectivity index is 0.00000481. The second kappa shape index (κ2) is 16.6. The van der Waals surface area contributed by atoms with E-state index in [-0.39, 0.29) is 37.3 Å². The van der Waals surface area contributed by atoms with Gasteiger partial charge in [0.05, 0.1) is 6.10 Å². The van der Waals surface area contributed by atoms with Crippen LogP contribution in [0.5, 0.6) is 0 Å². The lowest BCUT2D eigenvalue weighted by molar-refractivity contribution is -0.129. The first-order chi connectivity index (χ1) is 17.5. The van der Waals surface area contributed by atoms with Crippen molar-refractivity contribution in [3.8, 4) is 0 Å². The molecule has 0 radical (unpaired) electrons. The van der Waals surface area contributed by atoms with Gasteiger partial charge in [0.1, 0.15) is 6.04 Å². The lowest BCUT2D eigenvalue weighted by Crippen LogP contribution is -2.50. The smallest absolute Gasteiger partial charge is 0.243 e. The Kier molecular flexibility index (Phi) is 13.9. The zero-order valence-corrected chi connectivity index (χ0v) is 23.0. The van der Waals surface area contributed by atoms with Gasteiger partial charge < -0.3 is 26.4 Å². The van der Waals surface area contributed by atoms with Crippen LogP contribution in [0.25, 0.3) is 10.8 Å². The minimum atomic E-state index is -0.810. The molecule has 0 heterocycles. The van der Waals surface area contributed by atoms with E-state index in [0.29, 0.717) is 18.9 Å². The van der Waals surface area contributed by atoms with E-state index in [1.807, 2.05) is 36.4 Å².